The first kappa shape index (κ1) is 13.6. The second-order valence-corrected chi connectivity index (χ2v) is 5.53. The summed E-state index contributed by atoms with van der Waals surface area (Å²) in [6.45, 7) is 0. The minimum atomic E-state index is -0.613. The Morgan fingerprint density at radius 1 is 1.25 bits per heavy atom. The van der Waals surface area contributed by atoms with E-state index in [1.165, 1.54) is 7.11 Å². The first-order valence-corrected chi connectivity index (χ1v) is 7.20. The van der Waals surface area contributed by atoms with Gasteiger partial charge >= 0.3 is 5.97 Å². The van der Waals surface area contributed by atoms with Crippen LogP contribution in [0.1, 0.15) is 31.2 Å². The SMILES string of the molecule is COC(=O)C1OC2(CCCC2)O[C@H]1Cc1ccccc1. The van der Waals surface area contributed by atoms with Crippen molar-refractivity contribution in [2.24, 2.45) is 0 Å². The topological polar surface area (TPSA) is 44.8 Å². The van der Waals surface area contributed by atoms with E-state index in [0.29, 0.717) is 6.42 Å². The van der Waals surface area contributed by atoms with Gasteiger partial charge in [-0.05, 0) is 18.4 Å². The number of carbonyl (C=O) groups excluding carboxylic acids is 1. The van der Waals surface area contributed by atoms with Crippen LogP contribution >= 0.6 is 0 Å². The summed E-state index contributed by atoms with van der Waals surface area (Å²) < 4.78 is 16.9. The van der Waals surface area contributed by atoms with Gasteiger partial charge in [0, 0.05) is 19.3 Å². The smallest absolute Gasteiger partial charge is 0.337 e. The summed E-state index contributed by atoms with van der Waals surface area (Å²) in [7, 11) is 1.39. The number of carbonyl (C=O) groups is 1. The molecule has 1 aliphatic heterocycles. The molecule has 1 unspecified atom stereocenters. The van der Waals surface area contributed by atoms with Crippen LogP contribution in [0.25, 0.3) is 0 Å². The van der Waals surface area contributed by atoms with Crippen LogP contribution < -0.4 is 0 Å². The third-order valence-electron chi connectivity index (χ3n) is 4.12. The molecule has 4 heteroatoms. The predicted molar refractivity (Wildman–Crippen MR) is 73.1 cm³/mol. The Morgan fingerprint density at radius 3 is 2.60 bits per heavy atom. The summed E-state index contributed by atoms with van der Waals surface area (Å²) in [6, 6.07) is 10.0. The van der Waals surface area contributed by atoms with Gasteiger partial charge in [-0.2, -0.15) is 0 Å². The summed E-state index contributed by atoms with van der Waals surface area (Å²) in [5, 5.41) is 0. The van der Waals surface area contributed by atoms with Crippen molar-refractivity contribution in [1.29, 1.82) is 0 Å². The zero-order chi connectivity index (χ0) is 14.0. The van der Waals surface area contributed by atoms with Crippen LogP contribution in [0.4, 0.5) is 0 Å². The van der Waals surface area contributed by atoms with Crippen molar-refractivity contribution >= 4 is 5.97 Å². The molecule has 0 radical (unpaired) electrons. The molecule has 1 saturated carbocycles. The second-order valence-electron chi connectivity index (χ2n) is 5.53. The number of esters is 1. The third kappa shape index (κ3) is 2.58. The van der Waals surface area contributed by atoms with E-state index in [9.17, 15) is 4.79 Å². The van der Waals surface area contributed by atoms with E-state index in [1.54, 1.807) is 0 Å². The zero-order valence-corrected chi connectivity index (χ0v) is 11.7. The summed E-state index contributed by atoms with van der Waals surface area (Å²) in [5.41, 5.74) is 1.14. The molecule has 0 bridgehead atoms. The van der Waals surface area contributed by atoms with Gasteiger partial charge in [-0.3, -0.25) is 0 Å². The lowest BCUT2D eigenvalue weighted by atomic mass is 10.0. The maximum Gasteiger partial charge on any atom is 0.337 e. The molecule has 1 aromatic rings. The number of methoxy groups -OCH3 is 1. The Morgan fingerprint density at radius 2 is 1.95 bits per heavy atom. The van der Waals surface area contributed by atoms with Gasteiger partial charge in [0.15, 0.2) is 11.9 Å². The van der Waals surface area contributed by atoms with Gasteiger partial charge in [0.2, 0.25) is 0 Å². The molecule has 4 nitrogen and oxygen atoms in total. The average molecular weight is 276 g/mol. The summed E-state index contributed by atoms with van der Waals surface area (Å²) in [4.78, 5) is 11.9. The predicted octanol–water partition coefficient (Wildman–Crippen LogP) is 2.46. The zero-order valence-electron chi connectivity index (χ0n) is 11.7. The van der Waals surface area contributed by atoms with Gasteiger partial charge in [0.05, 0.1) is 7.11 Å². The standard InChI is InChI=1S/C16H20O4/c1-18-15(17)14-13(11-12-7-3-2-4-8-12)19-16(20-14)9-5-6-10-16/h2-4,7-8,13-14H,5-6,9-11H2,1H3/t13-,14?/m0/s1. The molecule has 1 aliphatic carbocycles. The van der Waals surface area contributed by atoms with Crippen LogP contribution in [0, 0.1) is 0 Å². The Bertz CT molecular complexity index is 465. The quantitative estimate of drug-likeness (QED) is 0.796. The number of hydrogen-bond donors (Lipinski definition) is 0. The van der Waals surface area contributed by atoms with E-state index in [4.69, 9.17) is 14.2 Å². The number of rotatable bonds is 3. The largest absolute Gasteiger partial charge is 0.467 e. The fourth-order valence-electron chi connectivity index (χ4n) is 3.13. The molecule has 0 amide bonds. The maximum atomic E-state index is 11.9. The van der Waals surface area contributed by atoms with Crippen molar-refractivity contribution < 1.29 is 19.0 Å². The first-order valence-electron chi connectivity index (χ1n) is 7.20. The van der Waals surface area contributed by atoms with E-state index in [2.05, 4.69) is 0 Å². The lowest BCUT2D eigenvalue weighted by Gasteiger charge is -2.21. The molecule has 1 saturated heterocycles. The van der Waals surface area contributed by atoms with Crippen molar-refractivity contribution in [2.45, 2.75) is 50.1 Å². The van der Waals surface area contributed by atoms with Crippen LogP contribution in [-0.2, 0) is 25.4 Å². The normalized spacial score (nSPS) is 27.9. The molecule has 20 heavy (non-hydrogen) atoms. The fourth-order valence-corrected chi connectivity index (χ4v) is 3.13. The lowest BCUT2D eigenvalue weighted by Crippen LogP contribution is -2.34. The molecule has 2 fully saturated rings. The number of ether oxygens (including phenoxy) is 3. The summed E-state index contributed by atoms with van der Waals surface area (Å²) in [6.07, 6.45) is 3.71. The molecule has 1 heterocycles. The molecule has 0 aromatic heterocycles. The Hall–Kier alpha value is -1.39. The van der Waals surface area contributed by atoms with Crippen LogP contribution in [-0.4, -0.2) is 31.1 Å². The van der Waals surface area contributed by atoms with Crippen LogP contribution in [0.2, 0.25) is 0 Å². The molecule has 2 aliphatic rings. The van der Waals surface area contributed by atoms with Crippen LogP contribution in [0.15, 0.2) is 30.3 Å². The maximum absolute atomic E-state index is 11.9. The molecule has 0 N–H and O–H groups in total. The van der Waals surface area contributed by atoms with Crippen molar-refractivity contribution in [3.05, 3.63) is 35.9 Å². The first-order chi connectivity index (χ1) is 9.72. The van der Waals surface area contributed by atoms with Gasteiger partial charge in [0.1, 0.15) is 6.10 Å². The van der Waals surface area contributed by atoms with E-state index < -0.39 is 11.9 Å². The highest BCUT2D eigenvalue weighted by Gasteiger charge is 2.51. The molecular weight excluding hydrogens is 256 g/mol. The van der Waals surface area contributed by atoms with Crippen molar-refractivity contribution in [3.8, 4) is 0 Å². The molecule has 2 atom stereocenters. The Labute approximate surface area is 119 Å². The lowest BCUT2D eigenvalue weighted by molar-refractivity contribution is -0.180. The molecule has 1 aromatic carbocycles. The molecule has 108 valence electrons. The van der Waals surface area contributed by atoms with Crippen molar-refractivity contribution in [2.75, 3.05) is 7.11 Å². The number of hydrogen-bond acceptors (Lipinski definition) is 4. The Kier molecular flexibility index (Phi) is 3.76. The van der Waals surface area contributed by atoms with E-state index in [1.807, 2.05) is 30.3 Å². The average Bonchev–Trinajstić information content (AvgIpc) is 3.07. The highest BCUT2D eigenvalue weighted by Crippen LogP contribution is 2.42. The minimum absolute atomic E-state index is 0.261. The Balaban J connectivity index is 1.77. The highest BCUT2D eigenvalue weighted by molar-refractivity contribution is 5.75. The molecular formula is C16H20O4. The monoisotopic (exact) mass is 276 g/mol. The molecule has 3 rings (SSSR count). The van der Waals surface area contributed by atoms with E-state index >= 15 is 0 Å². The summed E-state index contributed by atoms with van der Waals surface area (Å²) in [5.74, 6) is -0.895. The van der Waals surface area contributed by atoms with Crippen LogP contribution in [0.5, 0.6) is 0 Å². The van der Waals surface area contributed by atoms with Crippen molar-refractivity contribution in [3.63, 3.8) is 0 Å². The highest BCUT2D eigenvalue weighted by atomic mass is 16.8. The molecule has 1 spiro atoms. The van der Waals surface area contributed by atoms with E-state index in [-0.39, 0.29) is 12.1 Å². The van der Waals surface area contributed by atoms with Crippen molar-refractivity contribution in [1.82, 2.24) is 0 Å². The second kappa shape index (κ2) is 5.54. The van der Waals surface area contributed by atoms with Crippen LogP contribution in [0.3, 0.4) is 0 Å². The van der Waals surface area contributed by atoms with E-state index in [0.717, 1.165) is 31.2 Å². The fraction of sp³-hybridized carbons (Fsp3) is 0.562. The summed E-state index contributed by atoms with van der Waals surface area (Å²) >= 11 is 0. The van der Waals surface area contributed by atoms with Gasteiger partial charge in [-0.15, -0.1) is 0 Å². The van der Waals surface area contributed by atoms with Gasteiger partial charge < -0.3 is 14.2 Å². The van der Waals surface area contributed by atoms with Gasteiger partial charge in [-0.1, -0.05) is 30.3 Å². The van der Waals surface area contributed by atoms with Gasteiger partial charge in [-0.25, -0.2) is 4.79 Å². The van der Waals surface area contributed by atoms with Gasteiger partial charge in [0.25, 0.3) is 0 Å². The number of benzene rings is 1. The third-order valence-corrected chi connectivity index (χ3v) is 4.12. The minimum Gasteiger partial charge on any atom is -0.467 e.